The molecule has 0 aromatic carbocycles. The van der Waals surface area contributed by atoms with Crippen LogP contribution in [0.4, 0.5) is 5.82 Å². The molecular formula is C24H26N4O4S. The fraction of sp³-hybridized carbons (Fsp3) is 0.333. The number of aliphatic carboxylic acids is 1. The largest absolute Gasteiger partial charge is 0.478 e. The normalized spacial score (nSPS) is 17.1. The van der Waals surface area contributed by atoms with Gasteiger partial charge in [-0.2, -0.15) is 0 Å². The smallest absolute Gasteiger partial charge is 0.328 e. The molecule has 3 aromatic heterocycles. The highest BCUT2D eigenvalue weighted by atomic mass is 32.1. The van der Waals surface area contributed by atoms with Crippen molar-refractivity contribution in [3.8, 4) is 0 Å². The fourth-order valence-electron chi connectivity index (χ4n) is 3.76. The van der Waals surface area contributed by atoms with Gasteiger partial charge in [-0.15, -0.1) is 11.3 Å². The predicted molar refractivity (Wildman–Crippen MR) is 131 cm³/mol. The minimum atomic E-state index is -1.15. The summed E-state index contributed by atoms with van der Waals surface area (Å²) in [5.41, 5.74) is 2.20. The van der Waals surface area contributed by atoms with E-state index in [9.17, 15) is 14.7 Å². The van der Waals surface area contributed by atoms with Crippen LogP contribution >= 0.6 is 11.3 Å². The van der Waals surface area contributed by atoms with E-state index in [0.29, 0.717) is 36.9 Å². The first-order valence-corrected chi connectivity index (χ1v) is 11.7. The molecule has 1 atom stereocenters. The van der Waals surface area contributed by atoms with E-state index >= 15 is 0 Å². The zero-order chi connectivity index (χ0) is 23.5. The molecule has 8 nitrogen and oxygen atoms in total. The molecular weight excluding hydrogens is 440 g/mol. The summed E-state index contributed by atoms with van der Waals surface area (Å²) in [4.78, 5) is 35.4. The second-order valence-electron chi connectivity index (χ2n) is 8.35. The number of thiazole rings is 1. The number of rotatable bonds is 6. The number of hydrogen-bond donors (Lipinski definition) is 2. The van der Waals surface area contributed by atoms with Crippen molar-refractivity contribution in [3.63, 3.8) is 0 Å². The molecule has 0 radical (unpaired) electrons. The maximum absolute atomic E-state index is 13.2. The first-order chi connectivity index (χ1) is 15.8. The first kappa shape index (κ1) is 22.9. The lowest BCUT2D eigenvalue weighted by atomic mass is 10.1. The van der Waals surface area contributed by atoms with E-state index < -0.39 is 12.1 Å². The van der Waals surface area contributed by atoms with Crippen molar-refractivity contribution in [1.29, 1.82) is 0 Å². The summed E-state index contributed by atoms with van der Waals surface area (Å²) in [6.45, 7) is 5.19. The second-order valence-corrected chi connectivity index (χ2v) is 9.24. The Kier molecular flexibility index (Phi) is 6.71. The molecule has 1 fully saturated rings. The van der Waals surface area contributed by atoms with Gasteiger partial charge in [0.1, 0.15) is 16.5 Å². The van der Waals surface area contributed by atoms with Crippen LogP contribution in [0.15, 0.2) is 34.6 Å². The first-order valence-electron chi connectivity index (χ1n) is 10.9. The number of carboxylic acids is 1. The zero-order valence-electron chi connectivity index (χ0n) is 18.5. The van der Waals surface area contributed by atoms with Crippen LogP contribution in [0.25, 0.3) is 23.9 Å². The Hall–Kier alpha value is -3.30. The van der Waals surface area contributed by atoms with E-state index in [1.165, 1.54) is 10.5 Å². The summed E-state index contributed by atoms with van der Waals surface area (Å²) in [5.74, 6) is -0.387. The number of aliphatic hydroxyl groups is 1. The fourth-order valence-corrected chi connectivity index (χ4v) is 4.63. The average Bonchev–Trinajstić information content (AvgIpc) is 3.26. The van der Waals surface area contributed by atoms with Crippen LogP contribution < -0.4 is 10.5 Å². The molecule has 3 aromatic rings. The number of anilines is 1. The number of β-amino-alcohol motifs (C(OH)–C–C–N with tert-alkyl or cyclic N) is 1. The molecule has 2 N–H and O–H groups in total. The molecule has 0 saturated carbocycles. The number of aromatic nitrogens is 3. The average molecular weight is 467 g/mol. The second kappa shape index (κ2) is 9.68. The maximum Gasteiger partial charge on any atom is 0.328 e. The van der Waals surface area contributed by atoms with E-state index in [1.54, 1.807) is 23.6 Å². The van der Waals surface area contributed by atoms with Gasteiger partial charge in [0.2, 0.25) is 0 Å². The lowest BCUT2D eigenvalue weighted by Crippen LogP contribution is -2.40. The molecule has 4 heterocycles. The van der Waals surface area contributed by atoms with Crippen LogP contribution in [-0.2, 0) is 4.79 Å². The van der Waals surface area contributed by atoms with Crippen molar-refractivity contribution in [1.82, 2.24) is 14.4 Å². The molecule has 0 unspecified atom stereocenters. The summed E-state index contributed by atoms with van der Waals surface area (Å²) in [5, 5.41) is 22.1. The van der Waals surface area contributed by atoms with Gasteiger partial charge in [-0.25, -0.2) is 14.8 Å². The van der Waals surface area contributed by atoms with Gasteiger partial charge in [0.05, 0.1) is 17.4 Å². The van der Waals surface area contributed by atoms with E-state index in [2.05, 4.69) is 24.2 Å². The van der Waals surface area contributed by atoms with Crippen molar-refractivity contribution in [2.45, 2.75) is 38.7 Å². The van der Waals surface area contributed by atoms with Crippen molar-refractivity contribution < 1.29 is 15.0 Å². The Morgan fingerprint density at radius 1 is 1.27 bits per heavy atom. The Balaban J connectivity index is 1.75. The highest BCUT2D eigenvalue weighted by Crippen LogP contribution is 2.23. The Labute approximate surface area is 195 Å². The quantitative estimate of drug-likeness (QED) is 0.535. The summed E-state index contributed by atoms with van der Waals surface area (Å²) >= 11 is 1.58. The molecule has 9 heteroatoms. The number of carboxylic acid groups (broad SMARTS) is 1. The molecule has 4 rings (SSSR count). The van der Waals surface area contributed by atoms with Gasteiger partial charge in [0.15, 0.2) is 0 Å². The number of fused-ring (bicyclic) bond motifs is 1. The van der Waals surface area contributed by atoms with E-state index in [1.807, 2.05) is 23.1 Å². The van der Waals surface area contributed by atoms with Crippen molar-refractivity contribution >= 4 is 47.0 Å². The standard InChI is InChI=1S/C24H26N4O4S/c1-15(2)19-14-33-21(25-19)7-5-16-9-11-28-20(12-16)26-23(27-10-3-4-17(29)13-27)18(24(28)32)6-8-22(30)31/h5-9,11-12,14-15,17,29H,3-4,10,13H2,1-2H3,(H,30,31)/t17-/m1/s1. The lowest BCUT2D eigenvalue weighted by molar-refractivity contribution is -0.131. The van der Waals surface area contributed by atoms with Crippen LogP contribution in [-0.4, -0.2) is 49.7 Å². The van der Waals surface area contributed by atoms with Gasteiger partial charge < -0.3 is 15.1 Å². The topological polar surface area (TPSA) is 108 Å². The Morgan fingerprint density at radius 2 is 2.09 bits per heavy atom. The molecule has 172 valence electrons. The van der Waals surface area contributed by atoms with Crippen molar-refractivity contribution in [2.24, 2.45) is 0 Å². The van der Waals surface area contributed by atoms with Crippen LogP contribution in [0.1, 0.15) is 54.4 Å². The van der Waals surface area contributed by atoms with Crippen LogP contribution in [0.5, 0.6) is 0 Å². The molecule has 0 bridgehead atoms. The van der Waals surface area contributed by atoms with E-state index in [4.69, 9.17) is 10.1 Å². The molecule has 1 saturated heterocycles. The van der Waals surface area contributed by atoms with Crippen molar-refractivity contribution in [3.05, 3.63) is 62.0 Å². The third kappa shape index (κ3) is 5.20. The van der Waals surface area contributed by atoms with Gasteiger partial charge in [-0.05, 0) is 48.6 Å². The number of aliphatic hydroxyl groups excluding tert-OH is 1. The van der Waals surface area contributed by atoms with Gasteiger partial charge in [-0.3, -0.25) is 9.20 Å². The monoisotopic (exact) mass is 466 g/mol. The molecule has 1 aliphatic heterocycles. The van der Waals surface area contributed by atoms with Crippen LogP contribution in [0, 0.1) is 0 Å². The van der Waals surface area contributed by atoms with E-state index in [0.717, 1.165) is 28.8 Å². The van der Waals surface area contributed by atoms with Crippen molar-refractivity contribution in [2.75, 3.05) is 18.0 Å². The minimum absolute atomic E-state index is 0.191. The SMILES string of the molecule is CC(C)c1csc(C=Cc2ccn3c(=O)c(C=CC(=O)O)c(N4CCC[C@@H](O)C4)nc3c2)n1. The minimum Gasteiger partial charge on any atom is -0.478 e. The van der Waals surface area contributed by atoms with E-state index in [-0.39, 0.29) is 11.1 Å². The summed E-state index contributed by atoms with van der Waals surface area (Å²) in [6, 6.07) is 3.61. The Bertz CT molecular complexity index is 1290. The number of hydrogen-bond acceptors (Lipinski definition) is 7. The molecule has 33 heavy (non-hydrogen) atoms. The Morgan fingerprint density at radius 3 is 2.79 bits per heavy atom. The third-order valence-corrected chi connectivity index (χ3v) is 6.34. The number of piperidine rings is 1. The van der Waals surface area contributed by atoms with Crippen LogP contribution in [0.2, 0.25) is 0 Å². The number of carbonyl (C=O) groups is 1. The summed E-state index contributed by atoms with van der Waals surface area (Å²) < 4.78 is 1.41. The van der Waals surface area contributed by atoms with Gasteiger partial charge in [0, 0.05) is 30.7 Å². The predicted octanol–water partition coefficient (Wildman–Crippen LogP) is 3.50. The van der Waals surface area contributed by atoms with Crippen LogP contribution in [0.3, 0.4) is 0 Å². The summed E-state index contributed by atoms with van der Waals surface area (Å²) in [7, 11) is 0. The van der Waals surface area contributed by atoms with Gasteiger partial charge >= 0.3 is 5.97 Å². The third-order valence-electron chi connectivity index (χ3n) is 5.51. The molecule has 1 aliphatic rings. The molecule has 0 aliphatic carbocycles. The molecule has 0 spiro atoms. The highest BCUT2D eigenvalue weighted by Gasteiger charge is 2.23. The molecule has 0 amide bonds. The zero-order valence-corrected chi connectivity index (χ0v) is 19.3. The highest BCUT2D eigenvalue weighted by molar-refractivity contribution is 7.10. The summed E-state index contributed by atoms with van der Waals surface area (Å²) in [6.07, 6.45) is 8.66. The lowest BCUT2D eigenvalue weighted by Gasteiger charge is -2.32. The maximum atomic E-state index is 13.2. The van der Waals surface area contributed by atoms with Gasteiger partial charge in [0.25, 0.3) is 5.56 Å². The number of pyridine rings is 1. The number of nitrogens with zero attached hydrogens (tertiary/aromatic N) is 4. The van der Waals surface area contributed by atoms with Gasteiger partial charge in [-0.1, -0.05) is 19.9 Å².